The maximum Gasteiger partial charge on any atom is 0.191 e. The third-order valence-corrected chi connectivity index (χ3v) is 6.77. The average Bonchev–Trinajstić information content (AvgIpc) is 3.33. The van der Waals surface area contributed by atoms with Crippen molar-refractivity contribution in [2.24, 2.45) is 10.9 Å². The topological polar surface area (TPSA) is 67.4 Å². The number of hydrogen-bond acceptors (Lipinski definition) is 6. The van der Waals surface area contributed by atoms with Crippen molar-refractivity contribution < 1.29 is 14.2 Å². The number of hydrogen-bond donors (Lipinski definition) is 2. The zero-order valence-electron chi connectivity index (χ0n) is 19.5. The molecule has 1 aliphatic heterocycles. The minimum atomic E-state index is 0. The molecule has 0 bridgehead atoms. The minimum absolute atomic E-state index is 0. The van der Waals surface area contributed by atoms with Crippen LogP contribution in [-0.4, -0.2) is 59.4 Å². The molecule has 0 radical (unpaired) electrons. The fourth-order valence-corrected chi connectivity index (χ4v) is 5.22. The zero-order chi connectivity index (χ0) is 22.2. The normalized spacial score (nSPS) is 19.1. The lowest BCUT2D eigenvalue weighted by Crippen LogP contribution is -2.44. The number of rotatable bonds is 8. The van der Waals surface area contributed by atoms with Crippen LogP contribution in [0.3, 0.4) is 0 Å². The Morgan fingerprint density at radius 1 is 1.12 bits per heavy atom. The quantitative estimate of drug-likeness (QED) is 0.281. The van der Waals surface area contributed by atoms with Crippen LogP contribution in [0.1, 0.15) is 29.3 Å². The van der Waals surface area contributed by atoms with Gasteiger partial charge in [0.15, 0.2) is 17.5 Å². The SMILES string of the molecule is CN=C(NCc1cc(OC)c(OC)cc1OC)NCC1CCCN(C)C1c1cccs1.I. The second kappa shape index (κ2) is 13.1. The number of thiophene rings is 1. The summed E-state index contributed by atoms with van der Waals surface area (Å²) in [5, 5.41) is 9.10. The molecule has 1 saturated heterocycles. The molecule has 0 aliphatic carbocycles. The molecule has 2 unspecified atom stereocenters. The van der Waals surface area contributed by atoms with E-state index in [1.807, 2.05) is 23.5 Å². The van der Waals surface area contributed by atoms with Crippen LogP contribution in [0.2, 0.25) is 0 Å². The Kier molecular flexibility index (Phi) is 10.9. The van der Waals surface area contributed by atoms with Crippen molar-refractivity contribution >= 4 is 41.3 Å². The van der Waals surface area contributed by atoms with Crippen LogP contribution in [0.15, 0.2) is 34.6 Å². The van der Waals surface area contributed by atoms with E-state index in [0.29, 0.717) is 30.0 Å². The highest BCUT2D eigenvalue weighted by molar-refractivity contribution is 14.0. The fourth-order valence-electron chi connectivity index (χ4n) is 4.24. The predicted octanol–water partition coefficient (Wildman–Crippen LogP) is 4.14. The molecule has 1 fully saturated rings. The smallest absolute Gasteiger partial charge is 0.191 e. The highest BCUT2D eigenvalue weighted by atomic mass is 127. The average molecular weight is 575 g/mol. The number of piperidine rings is 1. The first-order valence-corrected chi connectivity index (χ1v) is 11.5. The summed E-state index contributed by atoms with van der Waals surface area (Å²) in [5.74, 6) is 3.37. The monoisotopic (exact) mass is 574 g/mol. The first-order chi connectivity index (χ1) is 15.1. The Balaban J connectivity index is 0.00000363. The standard InChI is InChI=1S/C23H34N4O3S.HI/c1-24-23(26-15-17-12-19(29-4)20(30-5)13-18(17)28-3)25-14-16-8-6-10-27(2)22(16)21-9-7-11-31-21;/h7,9,11-13,16,22H,6,8,10,14-15H2,1-5H3,(H2,24,25,26);1H. The summed E-state index contributed by atoms with van der Waals surface area (Å²) in [6, 6.07) is 8.62. The fraction of sp³-hybridized carbons (Fsp3) is 0.522. The molecule has 7 nitrogen and oxygen atoms in total. The van der Waals surface area contributed by atoms with Crippen molar-refractivity contribution in [1.82, 2.24) is 15.5 Å². The van der Waals surface area contributed by atoms with Gasteiger partial charge in [0.1, 0.15) is 5.75 Å². The van der Waals surface area contributed by atoms with Crippen LogP contribution in [0.25, 0.3) is 0 Å². The van der Waals surface area contributed by atoms with Gasteiger partial charge in [-0.2, -0.15) is 0 Å². The number of aliphatic imine (C=N–C) groups is 1. The Bertz CT molecular complexity index is 863. The highest BCUT2D eigenvalue weighted by Gasteiger charge is 2.31. The Morgan fingerprint density at radius 3 is 2.47 bits per heavy atom. The van der Waals surface area contributed by atoms with Gasteiger partial charge >= 0.3 is 0 Å². The lowest BCUT2D eigenvalue weighted by Gasteiger charge is -2.39. The molecule has 1 aliphatic rings. The van der Waals surface area contributed by atoms with Gasteiger partial charge < -0.3 is 24.8 Å². The van der Waals surface area contributed by atoms with Crippen LogP contribution in [0, 0.1) is 5.92 Å². The highest BCUT2D eigenvalue weighted by Crippen LogP contribution is 2.37. The van der Waals surface area contributed by atoms with Crippen molar-refractivity contribution in [1.29, 1.82) is 0 Å². The molecule has 2 aromatic rings. The number of halogens is 1. The van der Waals surface area contributed by atoms with Crippen molar-refractivity contribution in [3.8, 4) is 17.2 Å². The van der Waals surface area contributed by atoms with Crippen LogP contribution >= 0.6 is 35.3 Å². The third-order valence-electron chi connectivity index (χ3n) is 5.83. The molecule has 0 spiro atoms. The van der Waals surface area contributed by atoms with E-state index in [4.69, 9.17) is 14.2 Å². The summed E-state index contributed by atoms with van der Waals surface area (Å²) < 4.78 is 16.3. The van der Waals surface area contributed by atoms with Gasteiger partial charge in [0, 0.05) is 42.7 Å². The van der Waals surface area contributed by atoms with Gasteiger partial charge in [0.2, 0.25) is 0 Å². The van der Waals surface area contributed by atoms with E-state index in [1.54, 1.807) is 28.4 Å². The van der Waals surface area contributed by atoms with Gasteiger partial charge in [0.25, 0.3) is 0 Å². The van der Waals surface area contributed by atoms with E-state index in [-0.39, 0.29) is 24.0 Å². The van der Waals surface area contributed by atoms with Crippen molar-refractivity contribution in [2.75, 3.05) is 48.5 Å². The largest absolute Gasteiger partial charge is 0.496 e. The number of nitrogens with zero attached hydrogens (tertiary/aromatic N) is 2. The van der Waals surface area contributed by atoms with Crippen LogP contribution < -0.4 is 24.8 Å². The van der Waals surface area contributed by atoms with Crippen LogP contribution in [0.5, 0.6) is 17.2 Å². The summed E-state index contributed by atoms with van der Waals surface area (Å²) in [7, 11) is 8.93. The second-order valence-corrected chi connectivity index (χ2v) is 8.65. The summed E-state index contributed by atoms with van der Waals surface area (Å²) in [5.41, 5.74) is 0.969. The van der Waals surface area contributed by atoms with Crippen LogP contribution in [0.4, 0.5) is 0 Å². The Labute approximate surface area is 212 Å². The summed E-state index contributed by atoms with van der Waals surface area (Å²) in [6.07, 6.45) is 2.43. The first kappa shape index (κ1) is 26.5. The van der Waals surface area contributed by atoms with E-state index >= 15 is 0 Å². The zero-order valence-corrected chi connectivity index (χ0v) is 22.7. The molecule has 178 valence electrons. The molecule has 0 saturated carbocycles. The Morgan fingerprint density at radius 2 is 1.84 bits per heavy atom. The molecule has 9 heteroatoms. The molecule has 2 heterocycles. The van der Waals surface area contributed by atoms with Gasteiger partial charge in [-0.15, -0.1) is 35.3 Å². The predicted molar refractivity (Wildman–Crippen MR) is 142 cm³/mol. The molecule has 1 aromatic heterocycles. The van der Waals surface area contributed by atoms with Gasteiger partial charge in [-0.25, -0.2) is 0 Å². The summed E-state index contributed by atoms with van der Waals surface area (Å²) >= 11 is 1.84. The molecular formula is C23H35IN4O3S. The van der Waals surface area contributed by atoms with E-state index in [0.717, 1.165) is 30.4 Å². The summed E-state index contributed by atoms with van der Waals surface area (Å²) in [6.45, 7) is 2.57. The molecule has 3 rings (SSSR count). The second-order valence-electron chi connectivity index (χ2n) is 7.67. The maximum absolute atomic E-state index is 5.54. The van der Waals surface area contributed by atoms with E-state index in [9.17, 15) is 0 Å². The van der Waals surface area contributed by atoms with Gasteiger partial charge in [-0.1, -0.05) is 6.07 Å². The van der Waals surface area contributed by atoms with Gasteiger partial charge in [-0.05, 0) is 49.9 Å². The van der Waals surface area contributed by atoms with Crippen LogP contribution in [-0.2, 0) is 6.54 Å². The maximum atomic E-state index is 5.54. The minimum Gasteiger partial charge on any atom is -0.496 e. The molecule has 2 N–H and O–H groups in total. The van der Waals surface area contributed by atoms with Gasteiger partial charge in [0.05, 0.1) is 21.3 Å². The lowest BCUT2D eigenvalue weighted by molar-refractivity contribution is 0.125. The van der Waals surface area contributed by atoms with Gasteiger partial charge in [-0.3, -0.25) is 9.89 Å². The molecule has 2 atom stereocenters. The number of methoxy groups -OCH3 is 3. The van der Waals surface area contributed by atoms with Crippen molar-refractivity contribution in [2.45, 2.75) is 25.4 Å². The number of benzene rings is 1. The number of ether oxygens (including phenoxy) is 3. The van der Waals surface area contributed by atoms with Crippen molar-refractivity contribution in [3.63, 3.8) is 0 Å². The Hall–Kier alpha value is -1.72. The molecule has 0 amide bonds. The lowest BCUT2D eigenvalue weighted by atomic mass is 9.88. The number of nitrogens with one attached hydrogen (secondary N) is 2. The summed E-state index contributed by atoms with van der Waals surface area (Å²) in [4.78, 5) is 8.33. The molecule has 32 heavy (non-hydrogen) atoms. The van der Waals surface area contributed by atoms with Crippen molar-refractivity contribution in [3.05, 3.63) is 40.1 Å². The van der Waals surface area contributed by atoms with E-state index in [2.05, 4.69) is 45.1 Å². The molecular weight excluding hydrogens is 539 g/mol. The number of guanidine groups is 1. The first-order valence-electron chi connectivity index (χ1n) is 10.6. The van der Waals surface area contributed by atoms with E-state index < -0.39 is 0 Å². The third kappa shape index (κ3) is 6.41. The number of likely N-dealkylation sites (tertiary alicyclic amines) is 1. The van der Waals surface area contributed by atoms with E-state index in [1.165, 1.54) is 17.7 Å². The molecule has 1 aromatic carbocycles.